The van der Waals surface area contributed by atoms with E-state index in [9.17, 15) is 18.5 Å². The first-order chi connectivity index (χ1) is 11.8. The maximum Gasteiger partial charge on any atom is 0.278 e. The molecule has 0 spiro atoms. The van der Waals surface area contributed by atoms with Gasteiger partial charge in [-0.3, -0.25) is 10.1 Å². The maximum atomic E-state index is 12.2. The minimum atomic E-state index is -3.88. The van der Waals surface area contributed by atoms with Crippen LogP contribution in [0, 0.1) is 10.1 Å². The molecule has 0 saturated heterocycles. The average molecular weight is 363 g/mol. The van der Waals surface area contributed by atoms with Gasteiger partial charge in [-0.2, -0.15) is 13.5 Å². The van der Waals surface area contributed by atoms with Crippen LogP contribution in [0.5, 0.6) is 5.75 Å². The number of benzene rings is 2. The van der Waals surface area contributed by atoms with E-state index < -0.39 is 14.9 Å². The summed E-state index contributed by atoms with van der Waals surface area (Å²) in [6.07, 6.45) is 1.07. The number of hydrogen-bond acceptors (Lipinski definition) is 6. The zero-order valence-electron chi connectivity index (χ0n) is 13.6. The summed E-state index contributed by atoms with van der Waals surface area (Å²) in [5.74, 6) is 0.553. The van der Waals surface area contributed by atoms with E-state index in [2.05, 4.69) is 5.10 Å². The fourth-order valence-electron chi connectivity index (χ4n) is 1.95. The van der Waals surface area contributed by atoms with E-state index >= 15 is 0 Å². The molecule has 9 heteroatoms. The van der Waals surface area contributed by atoms with E-state index in [1.165, 1.54) is 30.3 Å². The first-order valence-corrected chi connectivity index (χ1v) is 8.83. The van der Waals surface area contributed by atoms with E-state index in [0.29, 0.717) is 5.75 Å². The van der Waals surface area contributed by atoms with Gasteiger partial charge in [0.05, 0.1) is 27.7 Å². The molecule has 0 atom stereocenters. The number of hydrazone groups is 1. The normalized spacial score (nSPS) is 11.6. The number of rotatable bonds is 7. The molecule has 2 aromatic rings. The van der Waals surface area contributed by atoms with Crippen molar-refractivity contribution in [1.29, 1.82) is 0 Å². The number of nitrogens with zero attached hydrogens (tertiary/aromatic N) is 2. The lowest BCUT2D eigenvalue weighted by molar-refractivity contribution is -0.385. The van der Waals surface area contributed by atoms with Crippen LogP contribution in [0.4, 0.5) is 5.69 Å². The summed E-state index contributed by atoms with van der Waals surface area (Å²) < 4.78 is 29.8. The minimum Gasteiger partial charge on any atom is -0.491 e. The molecule has 1 N–H and O–H groups in total. The molecule has 0 aliphatic heterocycles. The molecule has 0 amide bonds. The molecule has 25 heavy (non-hydrogen) atoms. The molecular formula is C16H17N3O5S. The third-order valence-electron chi connectivity index (χ3n) is 3.02. The first kappa shape index (κ1) is 18.4. The van der Waals surface area contributed by atoms with Crippen LogP contribution in [-0.2, 0) is 10.0 Å². The van der Waals surface area contributed by atoms with Gasteiger partial charge in [-0.1, -0.05) is 12.1 Å². The van der Waals surface area contributed by atoms with Crippen LogP contribution in [0.25, 0.3) is 0 Å². The number of nitrogens with one attached hydrogen (secondary N) is 1. The van der Waals surface area contributed by atoms with Gasteiger partial charge in [0.25, 0.3) is 15.7 Å². The predicted octanol–water partition coefficient (Wildman–Crippen LogP) is 2.69. The van der Waals surface area contributed by atoms with Crippen LogP contribution in [0.1, 0.15) is 19.4 Å². The van der Waals surface area contributed by atoms with Gasteiger partial charge in [0, 0.05) is 6.07 Å². The fourth-order valence-corrected chi connectivity index (χ4v) is 2.74. The third-order valence-corrected chi connectivity index (χ3v) is 4.25. The van der Waals surface area contributed by atoms with Gasteiger partial charge >= 0.3 is 0 Å². The van der Waals surface area contributed by atoms with Crippen molar-refractivity contribution in [2.75, 3.05) is 0 Å². The van der Waals surface area contributed by atoms with Crippen LogP contribution in [0.15, 0.2) is 58.5 Å². The van der Waals surface area contributed by atoms with E-state index in [-0.39, 0.29) is 22.3 Å². The summed E-state index contributed by atoms with van der Waals surface area (Å²) in [6, 6.07) is 11.7. The van der Waals surface area contributed by atoms with Gasteiger partial charge in [-0.25, -0.2) is 4.83 Å². The van der Waals surface area contributed by atoms with Gasteiger partial charge < -0.3 is 4.74 Å². The Hall–Kier alpha value is -2.94. The Bertz CT molecular complexity index is 877. The molecule has 0 fully saturated rings. The highest BCUT2D eigenvalue weighted by Gasteiger charge is 2.14. The van der Waals surface area contributed by atoms with Crippen LogP contribution >= 0.6 is 0 Å². The molecule has 0 aromatic heterocycles. The number of nitro benzene ring substituents is 1. The average Bonchev–Trinajstić information content (AvgIpc) is 2.55. The molecule has 0 bridgehead atoms. The third kappa shape index (κ3) is 5.01. The van der Waals surface area contributed by atoms with Crippen molar-refractivity contribution in [3.05, 3.63) is 64.2 Å². The van der Waals surface area contributed by atoms with E-state index in [0.717, 1.165) is 6.21 Å². The van der Waals surface area contributed by atoms with Gasteiger partial charge in [-0.05, 0) is 44.2 Å². The van der Waals surface area contributed by atoms with Crippen molar-refractivity contribution in [3.8, 4) is 5.75 Å². The maximum absolute atomic E-state index is 12.2. The number of para-hydroxylation sites is 1. The summed E-state index contributed by atoms with van der Waals surface area (Å²) in [5.41, 5.74) is 0.0246. The van der Waals surface area contributed by atoms with E-state index in [4.69, 9.17) is 4.74 Å². The largest absolute Gasteiger partial charge is 0.491 e. The summed E-state index contributed by atoms with van der Waals surface area (Å²) in [5, 5.41) is 14.5. The quantitative estimate of drug-likeness (QED) is 0.462. The summed E-state index contributed by atoms with van der Waals surface area (Å²) in [4.78, 5) is 12.4. The lowest BCUT2D eigenvalue weighted by Crippen LogP contribution is -2.18. The standard InChI is InChI=1S/C16H17N3O5S/c1-12(2)24-14-7-9-15(10-8-14)25(22,23)18-17-11-13-5-3-4-6-16(13)19(20)21/h3-12,18H,1-2H3/b17-11+. The SMILES string of the molecule is CC(C)Oc1ccc(S(=O)(=O)N/N=C/c2ccccc2[N+](=O)[O-])cc1. The summed E-state index contributed by atoms with van der Waals surface area (Å²) >= 11 is 0. The molecule has 8 nitrogen and oxygen atoms in total. The number of nitro groups is 1. The highest BCUT2D eigenvalue weighted by atomic mass is 32.2. The Kier molecular flexibility index (Phi) is 5.71. The molecular weight excluding hydrogens is 346 g/mol. The highest BCUT2D eigenvalue weighted by molar-refractivity contribution is 7.89. The second-order valence-electron chi connectivity index (χ2n) is 5.31. The van der Waals surface area contributed by atoms with Crippen molar-refractivity contribution in [2.45, 2.75) is 24.8 Å². The number of ether oxygens (including phenoxy) is 1. The van der Waals surface area contributed by atoms with Crippen LogP contribution < -0.4 is 9.57 Å². The molecule has 132 valence electrons. The second kappa shape index (κ2) is 7.75. The van der Waals surface area contributed by atoms with Gasteiger partial charge in [-0.15, -0.1) is 0 Å². The molecule has 0 unspecified atom stereocenters. The number of hydrogen-bond donors (Lipinski definition) is 1. The zero-order chi connectivity index (χ0) is 18.4. The lowest BCUT2D eigenvalue weighted by atomic mass is 10.2. The van der Waals surface area contributed by atoms with Crippen molar-refractivity contribution in [3.63, 3.8) is 0 Å². The van der Waals surface area contributed by atoms with E-state index in [1.54, 1.807) is 18.2 Å². The Balaban J connectivity index is 2.13. The second-order valence-corrected chi connectivity index (χ2v) is 6.97. The first-order valence-electron chi connectivity index (χ1n) is 7.34. The monoisotopic (exact) mass is 363 g/mol. The Labute approximate surface area is 145 Å². The summed E-state index contributed by atoms with van der Waals surface area (Å²) in [6.45, 7) is 3.73. The fraction of sp³-hybridized carbons (Fsp3) is 0.188. The molecule has 0 aliphatic carbocycles. The van der Waals surface area contributed by atoms with Crippen LogP contribution in [0.2, 0.25) is 0 Å². The van der Waals surface area contributed by atoms with E-state index in [1.807, 2.05) is 18.7 Å². The van der Waals surface area contributed by atoms with Crippen molar-refractivity contribution < 1.29 is 18.1 Å². The molecule has 0 heterocycles. The topological polar surface area (TPSA) is 111 Å². The van der Waals surface area contributed by atoms with Crippen molar-refractivity contribution >= 4 is 21.9 Å². The molecule has 0 radical (unpaired) electrons. The zero-order valence-corrected chi connectivity index (χ0v) is 14.4. The Morgan fingerprint density at radius 1 is 1.16 bits per heavy atom. The van der Waals surface area contributed by atoms with Gasteiger partial charge in [0.1, 0.15) is 5.75 Å². The van der Waals surface area contributed by atoms with Crippen molar-refractivity contribution in [2.24, 2.45) is 5.10 Å². The highest BCUT2D eigenvalue weighted by Crippen LogP contribution is 2.17. The van der Waals surface area contributed by atoms with Gasteiger partial charge in [0.15, 0.2) is 0 Å². The molecule has 0 saturated carbocycles. The minimum absolute atomic E-state index is 0.00307. The molecule has 2 rings (SSSR count). The molecule has 2 aromatic carbocycles. The van der Waals surface area contributed by atoms with Gasteiger partial charge in [0.2, 0.25) is 0 Å². The molecule has 0 aliphatic rings. The lowest BCUT2D eigenvalue weighted by Gasteiger charge is -2.10. The smallest absolute Gasteiger partial charge is 0.278 e. The van der Waals surface area contributed by atoms with Crippen LogP contribution in [-0.4, -0.2) is 25.7 Å². The van der Waals surface area contributed by atoms with Crippen molar-refractivity contribution in [1.82, 2.24) is 4.83 Å². The Morgan fingerprint density at radius 2 is 1.80 bits per heavy atom. The Morgan fingerprint density at radius 3 is 2.40 bits per heavy atom. The van der Waals surface area contributed by atoms with Crippen LogP contribution in [0.3, 0.4) is 0 Å². The number of sulfonamides is 1. The summed E-state index contributed by atoms with van der Waals surface area (Å²) in [7, 11) is -3.88. The predicted molar refractivity (Wildman–Crippen MR) is 93.2 cm³/mol.